The van der Waals surface area contributed by atoms with E-state index in [1.54, 1.807) is 38.1 Å². The zero-order chi connectivity index (χ0) is 18.2. The molecule has 0 amide bonds. The summed E-state index contributed by atoms with van der Waals surface area (Å²) in [5.74, 6) is 0.217. The summed E-state index contributed by atoms with van der Waals surface area (Å²) in [6, 6.07) is 6.81. The minimum atomic E-state index is -4.04. The number of aryl methyl sites for hydroxylation is 2. The number of nitrogens with one attached hydrogen (secondary N) is 1. The van der Waals surface area contributed by atoms with Crippen molar-refractivity contribution in [2.24, 2.45) is 0 Å². The SMILES string of the molecule is COCc1cccc(Cl)c1NS(=O)(=O)c1nc2nc(C)cc(C)n2n1. The third-order valence-electron chi connectivity index (χ3n) is 3.48. The van der Waals surface area contributed by atoms with Crippen LogP contribution in [-0.4, -0.2) is 35.1 Å². The number of para-hydroxylation sites is 1. The van der Waals surface area contributed by atoms with Gasteiger partial charge in [0.15, 0.2) is 0 Å². The number of halogens is 1. The Morgan fingerprint density at radius 2 is 2.04 bits per heavy atom. The van der Waals surface area contributed by atoms with Gasteiger partial charge < -0.3 is 4.74 Å². The van der Waals surface area contributed by atoms with Crippen LogP contribution in [0.3, 0.4) is 0 Å². The topological polar surface area (TPSA) is 98.5 Å². The van der Waals surface area contributed by atoms with Gasteiger partial charge in [-0.3, -0.25) is 4.72 Å². The van der Waals surface area contributed by atoms with Crippen molar-refractivity contribution in [3.63, 3.8) is 0 Å². The standard InChI is InChI=1S/C15H16ClN5O3S/c1-9-7-10(2)21-14(17-9)18-15(19-21)25(22,23)20-13-11(8-24-3)5-4-6-12(13)16/h4-7,20H,8H2,1-3H3. The summed E-state index contributed by atoms with van der Waals surface area (Å²) in [7, 11) is -2.53. The number of fused-ring (bicyclic) bond motifs is 1. The number of rotatable bonds is 5. The number of hydrogen-bond acceptors (Lipinski definition) is 6. The lowest BCUT2D eigenvalue weighted by Crippen LogP contribution is -2.16. The molecule has 0 radical (unpaired) electrons. The molecule has 1 N–H and O–H groups in total. The van der Waals surface area contributed by atoms with Crippen molar-refractivity contribution in [2.45, 2.75) is 25.6 Å². The monoisotopic (exact) mass is 381 g/mol. The van der Waals surface area contributed by atoms with E-state index in [0.717, 1.165) is 11.4 Å². The quantitative estimate of drug-likeness (QED) is 0.728. The van der Waals surface area contributed by atoms with Gasteiger partial charge in [0.05, 0.1) is 17.3 Å². The maximum Gasteiger partial charge on any atom is 0.299 e. The van der Waals surface area contributed by atoms with Crippen LogP contribution in [0.25, 0.3) is 5.78 Å². The molecule has 1 aromatic carbocycles. The summed E-state index contributed by atoms with van der Waals surface area (Å²) in [5, 5.41) is 3.92. The van der Waals surface area contributed by atoms with Crippen molar-refractivity contribution >= 4 is 33.1 Å². The highest BCUT2D eigenvalue weighted by Crippen LogP contribution is 2.28. The molecule has 0 saturated heterocycles. The van der Waals surface area contributed by atoms with Gasteiger partial charge in [0, 0.05) is 24.1 Å². The van der Waals surface area contributed by atoms with Crippen LogP contribution in [0, 0.1) is 13.8 Å². The fraction of sp³-hybridized carbons (Fsp3) is 0.267. The summed E-state index contributed by atoms with van der Waals surface area (Å²) < 4.78 is 34.3. The predicted octanol–water partition coefficient (Wildman–Crippen LogP) is 2.34. The number of anilines is 1. The Morgan fingerprint density at radius 1 is 1.28 bits per heavy atom. The number of methoxy groups -OCH3 is 1. The first-order valence-corrected chi connectivity index (χ1v) is 9.18. The van der Waals surface area contributed by atoms with Gasteiger partial charge in [-0.2, -0.15) is 13.4 Å². The summed E-state index contributed by atoms with van der Waals surface area (Å²) >= 11 is 6.14. The van der Waals surface area contributed by atoms with Crippen molar-refractivity contribution in [3.05, 3.63) is 46.2 Å². The molecule has 0 saturated carbocycles. The number of benzene rings is 1. The van der Waals surface area contributed by atoms with E-state index in [4.69, 9.17) is 16.3 Å². The molecule has 10 heteroatoms. The van der Waals surface area contributed by atoms with E-state index in [1.807, 2.05) is 0 Å². The van der Waals surface area contributed by atoms with Gasteiger partial charge in [-0.25, -0.2) is 9.50 Å². The van der Waals surface area contributed by atoms with E-state index in [9.17, 15) is 8.42 Å². The largest absolute Gasteiger partial charge is 0.380 e. The molecule has 2 aromatic heterocycles. The van der Waals surface area contributed by atoms with Gasteiger partial charge in [-0.05, 0) is 26.0 Å². The van der Waals surface area contributed by atoms with Crippen LogP contribution < -0.4 is 4.72 Å². The van der Waals surface area contributed by atoms with E-state index < -0.39 is 10.0 Å². The first kappa shape index (κ1) is 17.6. The Bertz CT molecular complexity index is 1050. The van der Waals surface area contributed by atoms with Crippen molar-refractivity contribution in [3.8, 4) is 0 Å². The highest BCUT2D eigenvalue weighted by molar-refractivity contribution is 7.92. The molecule has 0 aliphatic carbocycles. The molecule has 0 aliphatic rings. The molecular weight excluding hydrogens is 366 g/mol. The van der Waals surface area contributed by atoms with E-state index in [-0.39, 0.29) is 28.3 Å². The second-order valence-electron chi connectivity index (χ2n) is 5.46. The molecule has 0 atom stereocenters. The Balaban J connectivity index is 2.05. The van der Waals surface area contributed by atoms with Crippen molar-refractivity contribution in [1.82, 2.24) is 19.6 Å². The normalized spacial score (nSPS) is 11.8. The maximum absolute atomic E-state index is 12.7. The molecule has 0 bridgehead atoms. The molecule has 0 fully saturated rings. The lowest BCUT2D eigenvalue weighted by Gasteiger charge is -2.12. The fourth-order valence-electron chi connectivity index (χ4n) is 2.40. The molecule has 3 aromatic rings. The van der Waals surface area contributed by atoms with E-state index >= 15 is 0 Å². The van der Waals surface area contributed by atoms with Gasteiger partial charge in [0.2, 0.25) is 0 Å². The first-order valence-electron chi connectivity index (χ1n) is 7.32. The van der Waals surface area contributed by atoms with Crippen molar-refractivity contribution in [2.75, 3.05) is 11.8 Å². The Labute approximate surface area is 149 Å². The smallest absolute Gasteiger partial charge is 0.299 e. The van der Waals surface area contributed by atoms with E-state index in [0.29, 0.717) is 5.56 Å². The first-order chi connectivity index (χ1) is 11.8. The fourth-order valence-corrected chi connectivity index (χ4v) is 3.69. The molecular formula is C15H16ClN5O3S. The number of sulfonamides is 1. The third kappa shape index (κ3) is 3.44. The van der Waals surface area contributed by atoms with Gasteiger partial charge >= 0.3 is 0 Å². The van der Waals surface area contributed by atoms with Crippen molar-refractivity contribution in [1.29, 1.82) is 0 Å². The van der Waals surface area contributed by atoms with Gasteiger partial charge in [-0.15, -0.1) is 5.10 Å². The Morgan fingerprint density at radius 3 is 2.76 bits per heavy atom. The van der Waals surface area contributed by atoms with Crippen LogP contribution >= 0.6 is 11.6 Å². The minimum absolute atomic E-state index is 0.205. The highest BCUT2D eigenvalue weighted by Gasteiger charge is 2.24. The number of aromatic nitrogens is 4. The zero-order valence-electron chi connectivity index (χ0n) is 13.8. The Hall–Kier alpha value is -2.23. The second kappa shape index (κ2) is 6.58. The van der Waals surface area contributed by atoms with Crippen LogP contribution in [0.1, 0.15) is 17.0 Å². The summed E-state index contributed by atoms with van der Waals surface area (Å²) in [6.07, 6.45) is 0. The lowest BCUT2D eigenvalue weighted by molar-refractivity contribution is 0.185. The third-order valence-corrected chi connectivity index (χ3v) is 4.92. The minimum Gasteiger partial charge on any atom is -0.380 e. The predicted molar refractivity (Wildman–Crippen MR) is 93.2 cm³/mol. The molecule has 2 heterocycles. The lowest BCUT2D eigenvalue weighted by atomic mass is 10.2. The molecule has 3 rings (SSSR count). The second-order valence-corrected chi connectivity index (χ2v) is 7.44. The molecule has 8 nitrogen and oxygen atoms in total. The average molecular weight is 382 g/mol. The summed E-state index contributed by atoms with van der Waals surface area (Å²) in [4.78, 5) is 8.22. The van der Waals surface area contributed by atoms with Crippen LogP contribution in [0.5, 0.6) is 0 Å². The van der Waals surface area contributed by atoms with Gasteiger partial charge in [0.1, 0.15) is 0 Å². The van der Waals surface area contributed by atoms with Crippen LogP contribution in [0.4, 0.5) is 5.69 Å². The zero-order valence-corrected chi connectivity index (χ0v) is 15.4. The van der Waals surface area contributed by atoms with E-state index in [1.165, 1.54) is 11.6 Å². The highest BCUT2D eigenvalue weighted by atomic mass is 35.5. The molecule has 0 spiro atoms. The average Bonchev–Trinajstić information content (AvgIpc) is 2.96. The van der Waals surface area contributed by atoms with Gasteiger partial charge in [0.25, 0.3) is 21.0 Å². The van der Waals surface area contributed by atoms with Crippen molar-refractivity contribution < 1.29 is 13.2 Å². The summed E-state index contributed by atoms with van der Waals surface area (Å²) in [5.41, 5.74) is 2.30. The maximum atomic E-state index is 12.7. The number of nitrogens with zero attached hydrogens (tertiary/aromatic N) is 4. The van der Waals surface area contributed by atoms with E-state index in [2.05, 4.69) is 19.8 Å². The number of ether oxygens (including phenoxy) is 1. The van der Waals surface area contributed by atoms with Crippen LogP contribution in [0.2, 0.25) is 5.02 Å². The Kier molecular flexibility index (Phi) is 4.63. The van der Waals surface area contributed by atoms with Crippen LogP contribution in [-0.2, 0) is 21.4 Å². The molecule has 132 valence electrons. The summed E-state index contributed by atoms with van der Waals surface area (Å²) in [6.45, 7) is 3.80. The molecule has 25 heavy (non-hydrogen) atoms. The number of hydrogen-bond donors (Lipinski definition) is 1. The molecule has 0 unspecified atom stereocenters. The van der Waals surface area contributed by atoms with Gasteiger partial charge in [-0.1, -0.05) is 23.7 Å². The van der Waals surface area contributed by atoms with Crippen LogP contribution in [0.15, 0.2) is 29.4 Å². The molecule has 0 aliphatic heterocycles.